The molecular weight excluding hydrogens is 745 g/mol. The average Bonchev–Trinajstić information content (AvgIpc) is 3.24. The number of nitrogens with one attached hydrogen (secondary N) is 3. The molecule has 5 N–H and O–H groups in total. The molecule has 58 heavy (non-hydrogen) atoms. The fraction of sp³-hybridized carbons (Fsp3) is 0.535. The maximum Gasteiger partial charge on any atom is 0.249 e. The van der Waals surface area contributed by atoms with Gasteiger partial charge in [0.15, 0.2) is 5.82 Å². The summed E-state index contributed by atoms with van der Waals surface area (Å²) in [6, 6.07) is 13.0. The Morgan fingerprint density at radius 2 is 1.50 bits per heavy atom. The lowest BCUT2D eigenvalue weighted by atomic mass is 9.94. The molecule has 0 bridgehead atoms. The average molecular weight is 802 g/mol. The van der Waals surface area contributed by atoms with Crippen LogP contribution in [0.3, 0.4) is 0 Å². The molecule has 2 saturated carbocycles. The lowest BCUT2D eigenvalue weighted by Gasteiger charge is -2.41. The Balaban J connectivity index is 0.000000183. The van der Waals surface area contributed by atoms with E-state index in [1.54, 1.807) is 11.0 Å². The number of amides is 4. The van der Waals surface area contributed by atoms with Gasteiger partial charge in [0.25, 0.3) is 0 Å². The molecular formula is C43H57F2N9O4. The van der Waals surface area contributed by atoms with Gasteiger partial charge >= 0.3 is 0 Å². The van der Waals surface area contributed by atoms with Gasteiger partial charge in [0.1, 0.15) is 17.6 Å². The number of anilines is 4. The van der Waals surface area contributed by atoms with Crippen molar-refractivity contribution >= 4 is 47.1 Å². The van der Waals surface area contributed by atoms with Crippen molar-refractivity contribution in [2.45, 2.75) is 114 Å². The van der Waals surface area contributed by atoms with Gasteiger partial charge in [-0.25, -0.2) is 18.7 Å². The summed E-state index contributed by atoms with van der Waals surface area (Å²) < 4.78 is 29.2. The molecule has 4 amide bonds. The van der Waals surface area contributed by atoms with E-state index < -0.39 is 11.9 Å². The van der Waals surface area contributed by atoms with Crippen molar-refractivity contribution in [3.05, 3.63) is 60.3 Å². The first-order valence-electron chi connectivity index (χ1n) is 21.0. The molecule has 3 aromatic rings. The molecule has 0 spiro atoms. The third kappa shape index (κ3) is 11.5. The fourth-order valence-electron chi connectivity index (χ4n) is 8.63. The first-order chi connectivity index (χ1) is 28.2. The van der Waals surface area contributed by atoms with Crippen LogP contribution >= 0.6 is 0 Å². The smallest absolute Gasteiger partial charge is 0.249 e. The number of halogens is 2. The van der Waals surface area contributed by atoms with Gasteiger partial charge in [0, 0.05) is 74.6 Å². The summed E-state index contributed by atoms with van der Waals surface area (Å²) in [5, 5.41) is 8.70. The minimum Gasteiger partial charge on any atom is -0.374 e. The van der Waals surface area contributed by atoms with Crippen LogP contribution in [-0.4, -0.2) is 89.8 Å². The van der Waals surface area contributed by atoms with Crippen molar-refractivity contribution in [2.75, 3.05) is 53.2 Å². The Morgan fingerprint density at radius 3 is 2.19 bits per heavy atom. The van der Waals surface area contributed by atoms with E-state index >= 15 is 0 Å². The highest BCUT2D eigenvalue weighted by atomic mass is 19.1. The van der Waals surface area contributed by atoms with Crippen LogP contribution in [0.4, 0.5) is 31.8 Å². The largest absolute Gasteiger partial charge is 0.374 e. The third-order valence-corrected chi connectivity index (χ3v) is 11.7. The van der Waals surface area contributed by atoms with E-state index in [0.29, 0.717) is 60.8 Å². The Labute approximate surface area is 339 Å². The van der Waals surface area contributed by atoms with Gasteiger partial charge in [-0.2, -0.15) is 0 Å². The van der Waals surface area contributed by atoms with Crippen LogP contribution in [0, 0.1) is 11.6 Å². The van der Waals surface area contributed by atoms with E-state index in [0.717, 1.165) is 57.5 Å². The molecule has 312 valence electrons. The van der Waals surface area contributed by atoms with Crippen LogP contribution in [0.2, 0.25) is 0 Å². The normalized spacial score (nSPS) is 20.9. The van der Waals surface area contributed by atoms with Crippen molar-refractivity contribution < 1.29 is 28.0 Å². The van der Waals surface area contributed by atoms with Crippen molar-refractivity contribution in [3.63, 3.8) is 0 Å². The minimum atomic E-state index is -0.498. The number of rotatable bonds is 8. The molecule has 1 aromatic heterocycles. The minimum absolute atomic E-state index is 0.126. The van der Waals surface area contributed by atoms with Crippen LogP contribution in [0.5, 0.6) is 0 Å². The predicted octanol–water partition coefficient (Wildman–Crippen LogP) is 6.14. The van der Waals surface area contributed by atoms with E-state index in [4.69, 9.17) is 4.79 Å². The number of primary amides is 1. The monoisotopic (exact) mass is 801 g/mol. The number of nitrogens with two attached hydrogens (primary N) is 1. The summed E-state index contributed by atoms with van der Waals surface area (Å²) in [5.74, 6) is -0.731. The zero-order valence-electron chi connectivity index (χ0n) is 33.3. The van der Waals surface area contributed by atoms with Gasteiger partial charge in [0.05, 0.1) is 11.9 Å². The quantitative estimate of drug-likeness (QED) is 0.154. The lowest BCUT2D eigenvalue weighted by molar-refractivity contribution is -0.133. The van der Waals surface area contributed by atoms with Crippen LogP contribution < -0.4 is 31.5 Å². The standard InChI is InChI=1S/C21H29FN4O2.C21H25FN4O.CH3NO/c22-17-14-15(23-18-7-9-20(27)24-21(18)28)6-8-19(17)26-12-10-25(11-13-26)16-4-2-1-3-5-16;22-18-14-23-21(24-16-8-2-1-3-9-16)25-20(18)15-7-6-10-17(13-15)26-12-5-4-11-19(26)27;2-1-3/h6,8,14,16,18,23H,1-5,7,9-13H2,(H,24,27,28);6-7,10,13-14,16H,1-5,8-9,11-12H2,(H,23,24,25);1H,(H2,2,3). The second-order valence-electron chi connectivity index (χ2n) is 15.7. The molecule has 8 rings (SSSR count). The first-order valence-corrected chi connectivity index (χ1v) is 21.0. The second kappa shape index (κ2) is 21.0. The molecule has 15 heteroatoms. The topological polar surface area (TPSA) is 166 Å². The molecule has 13 nitrogen and oxygen atoms in total. The van der Waals surface area contributed by atoms with E-state index in [-0.39, 0.29) is 35.6 Å². The van der Waals surface area contributed by atoms with Gasteiger partial charge < -0.3 is 26.2 Å². The summed E-state index contributed by atoms with van der Waals surface area (Å²) >= 11 is 0. The number of piperazine rings is 1. The number of carbonyl (C=O) groups is 4. The summed E-state index contributed by atoms with van der Waals surface area (Å²) in [6.45, 7) is 4.37. The number of benzene rings is 2. The number of hydrogen-bond acceptors (Lipinski definition) is 10. The Kier molecular flexibility index (Phi) is 15.4. The van der Waals surface area contributed by atoms with E-state index in [9.17, 15) is 23.2 Å². The van der Waals surface area contributed by atoms with Crippen molar-refractivity contribution in [3.8, 4) is 11.3 Å². The molecule has 4 heterocycles. The summed E-state index contributed by atoms with van der Waals surface area (Å²) in [4.78, 5) is 58.9. The molecule has 5 aliphatic rings. The SMILES string of the molecule is NC=O.O=C1CCC(Nc2ccc(N3CCN(C4CCCCC4)CC3)c(F)c2)C(=O)N1.O=C1CCCCN1c1cccc(-c2nc(NC3CCCCC3)ncc2F)c1. The molecule has 3 saturated heterocycles. The summed E-state index contributed by atoms with van der Waals surface area (Å²) in [5.41, 5.74) is 7.10. The number of hydrogen-bond donors (Lipinski definition) is 4. The molecule has 2 aromatic carbocycles. The zero-order valence-corrected chi connectivity index (χ0v) is 33.3. The molecule has 0 radical (unpaired) electrons. The Morgan fingerprint density at radius 1 is 0.776 bits per heavy atom. The molecule has 5 fully saturated rings. The predicted molar refractivity (Wildman–Crippen MR) is 221 cm³/mol. The van der Waals surface area contributed by atoms with Gasteiger partial charge in [-0.15, -0.1) is 0 Å². The number of piperidine rings is 2. The van der Waals surface area contributed by atoms with Crippen LogP contribution in [0.15, 0.2) is 48.7 Å². The molecule has 3 aliphatic heterocycles. The molecule has 2 aliphatic carbocycles. The number of aromatic nitrogens is 2. The lowest BCUT2D eigenvalue weighted by Crippen LogP contribution is -2.51. The first kappa shape index (κ1) is 42.4. The van der Waals surface area contributed by atoms with Gasteiger partial charge in [-0.05, 0) is 75.3 Å². The van der Waals surface area contributed by atoms with Crippen LogP contribution in [-0.2, 0) is 19.2 Å². The zero-order chi connectivity index (χ0) is 40.9. The number of nitrogens with zero attached hydrogens (tertiary/aromatic N) is 5. The maximum absolute atomic E-state index is 14.7. The Hall–Kier alpha value is -5.18. The van der Waals surface area contributed by atoms with Gasteiger partial charge in [-0.1, -0.05) is 50.7 Å². The van der Waals surface area contributed by atoms with E-state index in [1.807, 2.05) is 30.3 Å². The fourth-order valence-corrected chi connectivity index (χ4v) is 8.63. The van der Waals surface area contributed by atoms with Crippen LogP contribution in [0.25, 0.3) is 11.3 Å². The van der Waals surface area contributed by atoms with Crippen molar-refractivity contribution in [2.24, 2.45) is 5.73 Å². The Bertz CT molecular complexity index is 1860. The van der Waals surface area contributed by atoms with E-state index in [1.165, 1.54) is 63.6 Å². The van der Waals surface area contributed by atoms with Crippen molar-refractivity contribution in [1.29, 1.82) is 0 Å². The molecule has 1 atom stereocenters. The highest BCUT2D eigenvalue weighted by molar-refractivity contribution is 6.01. The summed E-state index contributed by atoms with van der Waals surface area (Å²) in [6.07, 6.45) is 17.2. The van der Waals surface area contributed by atoms with Gasteiger partial charge in [-0.3, -0.25) is 29.4 Å². The van der Waals surface area contributed by atoms with E-state index in [2.05, 4.69) is 41.5 Å². The number of carbonyl (C=O) groups excluding carboxylic acids is 4. The second-order valence-corrected chi connectivity index (χ2v) is 15.7. The van der Waals surface area contributed by atoms with Crippen molar-refractivity contribution in [1.82, 2.24) is 20.2 Å². The van der Waals surface area contributed by atoms with Gasteiger partial charge in [0.2, 0.25) is 30.1 Å². The van der Waals surface area contributed by atoms with Crippen LogP contribution in [0.1, 0.15) is 96.3 Å². The molecule has 1 unspecified atom stereocenters. The third-order valence-electron chi connectivity index (χ3n) is 11.7. The summed E-state index contributed by atoms with van der Waals surface area (Å²) in [7, 11) is 0. The highest BCUT2D eigenvalue weighted by Gasteiger charge is 2.29. The maximum atomic E-state index is 14.7. The highest BCUT2D eigenvalue weighted by Crippen LogP contribution is 2.30. The number of imide groups is 1.